The zero-order valence-corrected chi connectivity index (χ0v) is 16.7. The Hall–Kier alpha value is -3.72. The molecule has 1 aliphatic heterocycles. The fourth-order valence-electron chi connectivity index (χ4n) is 3.62. The number of carboxylic acid groups (broad SMARTS) is 1. The predicted octanol–water partition coefficient (Wildman–Crippen LogP) is 1.46. The van der Waals surface area contributed by atoms with Gasteiger partial charge in [0.05, 0.1) is 11.2 Å². The second-order valence-electron chi connectivity index (χ2n) is 7.49. The van der Waals surface area contributed by atoms with E-state index in [1.165, 1.54) is 12.1 Å². The van der Waals surface area contributed by atoms with Crippen LogP contribution in [0.2, 0.25) is 0 Å². The van der Waals surface area contributed by atoms with Crippen molar-refractivity contribution >= 4 is 28.6 Å². The standard InChI is InChI=1S/C22H22N4O5/c27-19(28)12-31-16-5-3-15(4-6-16)21(29)25-13-22(30)8-11-26(14-22)18-7-10-23-17-2-1-9-24-20(17)18/h1-7,9-10,30H,8,11-14H2,(H,25,29)(H,27,28)/t22-/m1/s1. The summed E-state index contributed by atoms with van der Waals surface area (Å²) in [5.41, 5.74) is 1.81. The number of carbonyl (C=O) groups excluding carboxylic acids is 1. The molecule has 3 aromatic rings. The van der Waals surface area contributed by atoms with Gasteiger partial charge >= 0.3 is 5.97 Å². The van der Waals surface area contributed by atoms with E-state index in [9.17, 15) is 14.7 Å². The third-order valence-corrected chi connectivity index (χ3v) is 5.20. The number of amides is 1. The highest BCUT2D eigenvalue weighted by atomic mass is 16.5. The largest absolute Gasteiger partial charge is 0.482 e. The number of rotatable bonds is 7. The molecule has 1 aromatic carbocycles. The van der Waals surface area contributed by atoms with Gasteiger partial charge in [0.2, 0.25) is 0 Å². The highest BCUT2D eigenvalue weighted by Crippen LogP contribution is 2.30. The van der Waals surface area contributed by atoms with Crippen molar-refractivity contribution in [2.75, 3.05) is 31.1 Å². The molecule has 3 N–H and O–H groups in total. The number of anilines is 1. The van der Waals surface area contributed by atoms with Crippen molar-refractivity contribution in [1.82, 2.24) is 15.3 Å². The predicted molar refractivity (Wildman–Crippen MR) is 113 cm³/mol. The fourth-order valence-corrected chi connectivity index (χ4v) is 3.62. The molecule has 1 atom stereocenters. The molecule has 0 spiro atoms. The van der Waals surface area contributed by atoms with Crippen LogP contribution in [-0.2, 0) is 4.79 Å². The lowest BCUT2D eigenvalue weighted by Gasteiger charge is -2.25. The molecule has 4 rings (SSSR count). The van der Waals surface area contributed by atoms with Crippen molar-refractivity contribution in [3.8, 4) is 5.75 Å². The lowest BCUT2D eigenvalue weighted by atomic mass is 10.0. The number of ether oxygens (including phenoxy) is 1. The van der Waals surface area contributed by atoms with Crippen molar-refractivity contribution in [1.29, 1.82) is 0 Å². The summed E-state index contributed by atoms with van der Waals surface area (Å²) < 4.78 is 5.06. The summed E-state index contributed by atoms with van der Waals surface area (Å²) in [5, 5.41) is 22.4. The normalized spacial score (nSPS) is 18.2. The number of carboxylic acids is 1. The topological polar surface area (TPSA) is 125 Å². The maximum Gasteiger partial charge on any atom is 0.341 e. The summed E-state index contributed by atoms with van der Waals surface area (Å²) >= 11 is 0. The van der Waals surface area contributed by atoms with E-state index in [-0.39, 0.29) is 12.5 Å². The number of aliphatic hydroxyl groups is 1. The molecule has 160 valence electrons. The van der Waals surface area contributed by atoms with Crippen molar-refractivity contribution in [2.45, 2.75) is 12.0 Å². The first kappa shape index (κ1) is 20.5. The Morgan fingerprint density at radius 3 is 2.71 bits per heavy atom. The summed E-state index contributed by atoms with van der Waals surface area (Å²) in [4.78, 5) is 33.8. The average Bonchev–Trinajstić information content (AvgIpc) is 3.18. The molecule has 0 saturated carbocycles. The van der Waals surface area contributed by atoms with Gasteiger partial charge < -0.3 is 25.2 Å². The molecule has 3 heterocycles. The zero-order chi connectivity index (χ0) is 21.8. The Balaban J connectivity index is 1.36. The maximum atomic E-state index is 12.5. The molecule has 0 aliphatic carbocycles. The van der Waals surface area contributed by atoms with Crippen LogP contribution in [0.25, 0.3) is 11.0 Å². The minimum absolute atomic E-state index is 0.107. The lowest BCUT2D eigenvalue weighted by Crippen LogP contribution is -2.45. The van der Waals surface area contributed by atoms with Gasteiger partial charge in [-0.25, -0.2) is 4.79 Å². The van der Waals surface area contributed by atoms with E-state index >= 15 is 0 Å². The smallest absolute Gasteiger partial charge is 0.341 e. The number of hydrogen-bond donors (Lipinski definition) is 3. The van der Waals surface area contributed by atoms with Gasteiger partial charge in [-0.1, -0.05) is 0 Å². The minimum Gasteiger partial charge on any atom is -0.482 e. The average molecular weight is 422 g/mol. The molecule has 0 bridgehead atoms. The number of carbonyl (C=O) groups is 2. The summed E-state index contributed by atoms with van der Waals surface area (Å²) in [6, 6.07) is 11.8. The maximum absolute atomic E-state index is 12.5. The molecule has 31 heavy (non-hydrogen) atoms. The third-order valence-electron chi connectivity index (χ3n) is 5.20. The van der Waals surface area contributed by atoms with Crippen LogP contribution in [0.3, 0.4) is 0 Å². The molecule has 0 radical (unpaired) electrons. The highest BCUT2D eigenvalue weighted by molar-refractivity contribution is 5.94. The first-order valence-electron chi connectivity index (χ1n) is 9.83. The van der Waals surface area contributed by atoms with E-state index in [1.54, 1.807) is 24.5 Å². The van der Waals surface area contributed by atoms with Crippen molar-refractivity contribution in [3.63, 3.8) is 0 Å². The van der Waals surface area contributed by atoms with Gasteiger partial charge in [0.25, 0.3) is 5.91 Å². The molecule has 1 fully saturated rings. The van der Waals surface area contributed by atoms with Crippen LogP contribution in [0, 0.1) is 0 Å². The van der Waals surface area contributed by atoms with Crippen molar-refractivity contribution in [3.05, 3.63) is 60.4 Å². The second-order valence-corrected chi connectivity index (χ2v) is 7.49. The monoisotopic (exact) mass is 422 g/mol. The van der Waals surface area contributed by atoms with E-state index in [0.29, 0.717) is 30.8 Å². The highest BCUT2D eigenvalue weighted by Gasteiger charge is 2.37. The number of aromatic nitrogens is 2. The summed E-state index contributed by atoms with van der Waals surface area (Å²) in [6.07, 6.45) is 3.95. The number of aliphatic carboxylic acids is 1. The molecule has 1 saturated heterocycles. The van der Waals surface area contributed by atoms with E-state index in [2.05, 4.69) is 20.2 Å². The van der Waals surface area contributed by atoms with Crippen LogP contribution in [0.4, 0.5) is 5.69 Å². The van der Waals surface area contributed by atoms with Gasteiger partial charge in [-0.3, -0.25) is 14.8 Å². The van der Waals surface area contributed by atoms with Gasteiger partial charge in [0, 0.05) is 37.6 Å². The van der Waals surface area contributed by atoms with Crippen LogP contribution in [0.1, 0.15) is 16.8 Å². The van der Waals surface area contributed by atoms with Gasteiger partial charge in [-0.15, -0.1) is 0 Å². The van der Waals surface area contributed by atoms with Crippen LogP contribution in [0.5, 0.6) is 5.75 Å². The molecular weight excluding hydrogens is 400 g/mol. The van der Waals surface area contributed by atoms with E-state index in [0.717, 1.165) is 16.7 Å². The van der Waals surface area contributed by atoms with Gasteiger partial charge in [0.1, 0.15) is 16.9 Å². The van der Waals surface area contributed by atoms with E-state index in [4.69, 9.17) is 9.84 Å². The molecule has 9 nitrogen and oxygen atoms in total. The zero-order valence-electron chi connectivity index (χ0n) is 16.7. The Morgan fingerprint density at radius 2 is 1.94 bits per heavy atom. The quantitative estimate of drug-likeness (QED) is 0.523. The molecule has 2 aromatic heterocycles. The molecule has 9 heteroatoms. The van der Waals surface area contributed by atoms with E-state index < -0.39 is 18.2 Å². The number of nitrogens with zero attached hydrogens (tertiary/aromatic N) is 3. The third kappa shape index (κ3) is 4.72. The Kier molecular flexibility index (Phi) is 5.68. The number of fused-ring (bicyclic) bond motifs is 1. The minimum atomic E-state index is -1.07. The van der Waals surface area contributed by atoms with Crippen molar-refractivity contribution < 1.29 is 24.5 Å². The van der Waals surface area contributed by atoms with Gasteiger partial charge in [-0.2, -0.15) is 0 Å². The van der Waals surface area contributed by atoms with Crippen LogP contribution < -0.4 is 15.0 Å². The number of benzene rings is 1. The van der Waals surface area contributed by atoms with Gasteiger partial charge in [0.15, 0.2) is 6.61 Å². The number of pyridine rings is 2. The van der Waals surface area contributed by atoms with Crippen LogP contribution in [-0.4, -0.2) is 63.9 Å². The first-order chi connectivity index (χ1) is 14.9. The number of β-amino-alcohol motifs (C(OH)–C–C–N with tert-alkyl or cyclic N) is 1. The van der Waals surface area contributed by atoms with Crippen LogP contribution in [0.15, 0.2) is 54.9 Å². The number of hydrogen-bond acceptors (Lipinski definition) is 7. The SMILES string of the molecule is O=C(O)COc1ccc(C(=O)NC[C@]2(O)CCN(c3ccnc4cccnc34)C2)cc1. The summed E-state index contributed by atoms with van der Waals surface area (Å²) in [5.74, 6) is -1.04. The molecular formula is C22H22N4O5. The molecule has 1 aliphatic rings. The molecule has 1 amide bonds. The lowest BCUT2D eigenvalue weighted by molar-refractivity contribution is -0.139. The number of nitrogens with one attached hydrogen (secondary N) is 1. The Morgan fingerprint density at radius 1 is 1.13 bits per heavy atom. The molecule has 0 unspecified atom stereocenters. The summed E-state index contributed by atoms with van der Waals surface area (Å²) in [7, 11) is 0. The van der Waals surface area contributed by atoms with E-state index in [1.807, 2.05) is 18.2 Å². The Labute approximate surface area is 178 Å². The van der Waals surface area contributed by atoms with Crippen LogP contribution >= 0.6 is 0 Å². The second kappa shape index (κ2) is 8.57. The fraction of sp³-hybridized carbons (Fsp3) is 0.273. The summed E-state index contributed by atoms with van der Waals surface area (Å²) in [6.45, 7) is 0.663. The Bertz CT molecular complexity index is 1100. The first-order valence-corrected chi connectivity index (χ1v) is 9.83. The van der Waals surface area contributed by atoms with Gasteiger partial charge in [-0.05, 0) is 48.9 Å². The van der Waals surface area contributed by atoms with Crippen molar-refractivity contribution in [2.24, 2.45) is 0 Å².